The van der Waals surface area contributed by atoms with E-state index in [0.717, 1.165) is 28.2 Å². The molecule has 11 heteroatoms. The Kier molecular flexibility index (Phi) is 13.2. The van der Waals surface area contributed by atoms with Crippen molar-refractivity contribution in [1.82, 2.24) is 9.62 Å². The summed E-state index contributed by atoms with van der Waals surface area (Å²) in [6, 6.07) is 17.0. The number of nitrogens with zero attached hydrogens (tertiary/aromatic N) is 1. The Labute approximate surface area is 271 Å². The molecule has 45 heavy (non-hydrogen) atoms. The van der Waals surface area contributed by atoms with Crippen molar-refractivity contribution in [2.75, 3.05) is 13.2 Å². The van der Waals surface area contributed by atoms with Gasteiger partial charge in [0, 0.05) is 22.5 Å². The van der Waals surface area contributed by atoms with Gasteiger partial charge >= 0.3 is 12.1 Å². The minimum absolute atomic E-state index is 0.0291. The number of carbonyl (C=O) groups excluding carboxylic acids is 3. The molecule has 0 aliphatic carbocycles. The summed E-state index contributed by atoms with van der Waals surface area (Å²) >= 11 is 1.13. The number of rotatable bonds is 15. The summed E-state index contributed by atoms with van der Waals surface area (Å²) in [5.74, 6) is -0.689. The summed E-state index contributed by atoms with van der Waals surface area (Å²) in [6.07, 6.45) is 1.11. The first-order valence-electron chi connectivity index (χ1n) is 15.3. The van der Waals surface area contributed by atoms with Crippen molar-refractivity contribution >= 4 is 39.3 Å². The number of thiophene rings is 1. The number of esters is 1. The highest BCUT2D eigenvalue weighted by atomic mass is 32.2. The highest BCUT2D eigenvalue weighted by molar-refractivity contribution is 7.92. The van der Waals surface area contributed by atoms with Crippen LogP contribution in [0.3, 0.4) is 0 Å². The van der Waals surface area contributed by atoms with Gasteiger partial charge in [-0.3, -0.25) is 4.79 Å². The maximum absolute atomic E-state index is 13.7. The van der Waals surface area contributed by atoms with Gasteiger partial charge in [-0.1, -0.05) is 83.5 Å². The Morgan fingerprint density at radius 3 is 2.18 bits per heavy atom. The number of nitrogens with one attached hydrogen (secondary N) is 1. The molecule has 0 fully saturated rings. The van der Waals surface area contributed by atoms with Crippen LogP contribution in [0.25, 0.3) is 11.1 Å². The molecule has 9 nitrogen and oxygen atoms in total. The highest BCUT2D eigenvalue weighted by Gasteiger charge is 2.34. The summed E-state index contributed by atoms with van der Waals surface area (Å²) < 4.78 is 39.2. The predicted octanol–water partition coefficient (Wildman–Crippen LogP) is 7.06. The molecule has 0 aliphatic heterocycles. The molecule has 1 aromatic heterocycles. The van der Waals surface area contributed by atoms with Crippen molar-refractivity contribution < 1.29 is 32.3 Å². The molecular weight excluding hydrogens is 613 g/mol. The Morgan fingerprint density at radius 2 is 1.60 bits per heavy atom. The molecule has 0 saturated heterocycles. The molecule has 1 heterocycles. The Bertz CT molecular complexity index is 1530. The lowest BCUT2D eigenvalue weighted by Crippen LogP contribution is -2.48. The minimum Gasteiger partial charge on any atom is -0.464 e. The van der Waals surface area contributed by atoms with Crippen LogP contribution in [0.4, 0.5) is 4.79 Å². The number of hydrogen-bond donors (Lipinski definition) is 1. The molecule has 0 spiro atoms. The molecule has 1 atom stereocenters. The zero-order valence-electron chi connectivity index (χ0n) is 26.9. The summed E-state index contributed by atoms with van der Waals surface area (Å²) in [5.41, 5.74) is 2.31. The topological polar surface area (TPSA) is 119 Å². The lowest BCUT2D eigenvalue weighted by molar-refractivity contribution is -0.150. The molecule has 3 aromatic rings. The number of unbranched alkanes of at least 4 members (excludes halogenated alkanes) is 1. The van der Waals surface area contributed by atoms with Gasteiger partial charge < -0.3 is 14.4 Å². The first-order chi connectivity index (χ1) is 21.4. The standard InChI is InChI=1S/C34H44N2O7S2/c1-7-9-19-43-34(39)35-45(40,41)33-29(21-28(44-33)20-23(3)4)26-17-15-25(16-18-26)22-36(30(24(5)6)32(38)42-8-2)31(37)27-13-11-10-12-14-27/h10-18,21,23-24,30H,7-9,19-20,22H2,1-6H3,(H,35,39). The normalized spacial score (nSPS) is 12.2. The fourth-order valence-corrected chi connectivity index (χ4v) is 7.68. The Morgan fingerprint density at radius 1 is 0.933 bits per heavy atom. The second kappa shape index (κ2) is 16.6. The first-order valence-corrected chi connectivity index (χ1v) is 17.6. The molecule has 0 saturated carbocycles. The van der Waals surface area contributed by atoms with Crippen LogP contribution < -0.4 is 4.72 Å². The number of sulfonamides is 1. The van der Waals surface area contributed by atoms with Crippen LogP contribution in [0, 0.1) is 11.8 Å². The van der Waals surface area contributed by atoms with E-state index in [4.69, 9.17) is 9.47 Å². The zero-order chi connectivity index (χ0) is 33.1. The van der Waals surface area contributed by atoms with Crippen molar-refractivity contribution in [3.05, 3.63) is 76.7 Å². The van der Waals surface area contributed by atoms with E-state index < -0.39 is 28.1 Å². The molecule has 1 N–H and O–H groups in total. The van der Waals surface area contributed by atoms with Gasteiger partial charge in [0.25, 0.3) is 15.9 Å². The van der Waals surface area contributed by atoms with Crippen molar-refractivity contribution in [2.24, 2.45) is 11.8 Å². The lowest BCUT2D eigenvalue weighted by atomic mass is 9.99. The largest absolute Gasteiger partial charge is 0.464 e. The smallest absolute Gasteiger partial charge is 0.421 e. The SMILES string of the molecule is CCCCOC(=O)NS(=O)(=O)c1sc(CC(C)C)cc1-c1ccc(CN(C(=O)c2ccccc2)C(C(=O)OCC)C(C)C)cc1. The van der Waals surface area contributed by atoms with Gasteiger partial charge in [-0.25, -0.2) is 22.7 Å². The number of hydrogen-bond acceptors (Lipinski definition) is 8. The molecule has 244 valence electrons. The third-order valence-electron chi connectivity index (χ3n) is 6.95. The maximum Gasteiger partial charge on any atom is 0.421 e. The van der Waals surface area contributed by atoms with E-state index in [9.17, 15) is 22.8 Å². The quantitative estimate of drug-likeness (QED) is 0.137. The van der Waals surface area contributed by atoms with Gasteiger partial charge in [0.05, 0.1) is 13.2 Å². The second-order valence-corrected chi connectivity index (χ2v) is 14.6. The molecule has 0 radical (unpaired) electrons. The lowest BCUT2D eigenvalue weighted by Gasteiger charge is -2.33. The van der Waals surface area contributed by atoms with Crippen LogP contribution >= 0.6 is 11.3 Å². The Balaban J connectivity index is 1.97. The molecule has 2 aromatic carbocycles. The molecular formula is C34H44N2O7S2. The summed E-state index contributed by atoms with van der Waals surface area (Å²) in [4.78, 5) is 41.4. The van der Waals surface area contributed by atoms with Gasteiger partial charge in [-0.2, -0.15) is 0 Å². The third kappa shape index (κ3) is 9.89. The second-order valence-electron chi connectivity index (χ2n) is 11.5. The average Bonchev–Trinajstić information content (AvgIpc) is 3.41. The fraction of sp³-hybridized carbons (Fsp3) is 0.441. The van der Waals surface area contributed by atoms with Gasteiger partial charge in [0.1, 0.15) is 10.3 Å². The van der Waals surface area contributed by atoms with E-state index in [0.29, 0.717) is 35.4 Å². The number of ether oxygens (including phenoxy) is 2. The van der Waals surface area contributed by atoms with E-state index >= 15 is 0 Å². The van der Waals surface area contributed by atoms with Crippen LogP contribution in [-0.4, -0.2) is 50.5 Å². The van der Waals surface area contributed by atoms with Gasteiger partial charge in [-0.15, -0.1) is 11.3 Å². The molecule has 1 unspecified atom stereocenters. The van der Waals surface area contributed by atoms with Crippen molar-refractivity contribution in [3.8, 4) is 11.1 Å². The van der Waals surface area contributed by atoms with Crippen molar-refractivity contribution in [3.63, 3.8) is 0 Å². The van der Waals surface area contributed by atoms with E-state index in [2.05, 4.69) is 18.6 Å². The highest BCUT2D eigenvalue weighted by Crippen LogP contribution is 2.36. The van der Waals surface area contributed by atoms with Gasteiger partial charge in [-0.05, 0) is 60.9 Å². The average molecular weight is 657 g/mol. The van der Waals surface area contributed by atoms with Crippen LogP contribution in [0.15, 0.2) is 64.9 Å². The summed E-state index contributed by atoms with van der Waals surface area (Å²) in [6.45, 7) is 12.0. The first kappa shape index (κ1) is 35.8. The predicted molar refractivity (Wildman–Crippen MR) is 176 cm³/mol. The molecule has 0 aliphatic rings. The minimum atomic E-state index is -4.21. The van der Waals surface area contributed by atoms with Crippen LogP contribution in [0.1, 0.15) is 75.2 Å². The fourth-order valence-electron chi connectivity index (χ4n) is 4.84. The zero-order valence-corrected chi connectivity index (χ0v) is 28.5. The summed E-state index contributed by atoms with van der Waals surface area (Å²) in [5, 5.41) is 0. The van der Waals surface area contributed by atoms with Crippen LogP contribution in [-0.2, 0) is 37.3 Å². The Hall–Kier alpha value is -3.70. The van der Waals surface area contributed by atoms with E-state index in [1.54, 1.807) is 43.3 Å². The van der Waals surface area contributed by atoms with Crippen LogP contribution in [0.5, 0.6) is 0 Å². The maximum atomic E-state index is 13.7. The molecule has 0 bridgehead atoms. The van der Waals surface area contributed by atoms with Crippen molar-refractivity contribution in [2.45, 2.75) is 77.6 Å². The number of amides is 2. The summed E-state index contributed by atoms with van der Waals surface area (Å²) in [7, 11) is -4.21. The van der Waals surface area contributed by atoms with Gasteiger partial charge in [0.15, 0.2) is 0 Å². The van der Waals surface area contributed by atoms with Crippen LogP contribution in [0.2, 0.25) is 0 Å². The molecule has 2 amide bonds. The number of benzene rings is 2. The third-order valence-corrected chi connectivity index (χ3v) is 9.95. The monoisotopic (exact) mass is 656 g/mol. The van der Waals surface area contributed by atoms with E-state index in [1.807, 2.05) is 45.0 Å². The molecule has 3 rings (SSSR count). The van der Waals surface area contributed by atoms with E-state index in [1.165, 1.54) is 4.90 Å². The van der Waals surface area contributed by atoms with Crippen molar-refractivity contribution in [1.29, 1.82) is 0 Å². The van der Waals surface area contributed by atoms with Gasteiger partial charge in [0.2, 0.25) is 0 Å². The van der Waals surface area contributed by atoms with E-state index in [-0.39, 0.29) is 35.8 Å². The number of carbonyl (C=O) groups is 3.